The minimum atomic E-state index is -5.23. The Morgan fingerprint density at radius 2 is 1.79 bits per heavy atom. The summed E-state index contributed by atoms with van der Waals surface area (Å²) in [5.74, 6) is 0.243. The van der Waals surface area contributed by atoms with Crippen molar-refractivity contribution in [3.8, 4) is 0 Å². The topological polar surface area (TPSA) is 225 Å². The maximum atomic E-state index is 12.2. The van der Waals surface area contributed by atoms with Crippen LogP contribution >= 0.6 is 23.5 Å². The van der Waals surface area contributed by atoms with Crippen molar-refractivity contribution in [1.29, 1.82) is 0 Å². The predicted octanol–water partition coefficient (Wildman–Crippen LogP) is -0.707. The van der Waals surface area contributed by atoms with Crippen LogP contribution < -0.4 is 11.0 Å². The molecule has 164 valence electrons. The Morgan fingerprint density at radius 3 is 2.34 bits per heavy atom. The Morgan fingerprint density at radius 1 is 1.17 bits per heavy atom. The van der Waals surface area contributed by atoms with Gasteiger partial charge in [-0.15, -0.1) is 0 Å². The smallest absolute Gasteiger partial charge is 0.387 e. The lowest BCUT2D eigenvalue weighted by atomic mass is 10.1. The molecule has 3 rings (SSSR count). The Labute approximate surface area is 161 Å². The first kappa shape index (κ1) is 22.7. The van der Waals surface area contributed by atoms with E-state index in [2.05, 4.69) is 27.8 Å². The van der Waals surface area contributed by atoms with Crippen molar-refractivity contribution in [3.63, 3.8) is 0 Å². The lowest BCUT2D eigenvalue weighted by Gasteiger charge is -2.27. The zero-order chi connectivity index (χ0) is 21.6. The summed E-state index contributed by atoms with van der Waals surface area (Å²) in [5, 5.41) is 22.9. The number of nitrogens with one attached hydrogen (secondary N) is 1. The highest BCUT2D eigenvalue weighted by Crippen LogP contribution is 2.80. The highest BCUT2D eigenvalue weighted by Gasteiger charge is 2.55. The molecule has 16 nitrogen and oxygen atoms in total. The van der Waals surface area contributed by atoms with Gasteiger partial charge >= 0.3 is 29.2 Å². The molecule has 0 amide bonds. The fourth-order valence-electron chi connectivity index (χ4n) is 2.48. The fourth-order valence-corrected chi connectivity index (χ4v) is 7.42. The molecule has 3 unspecified atom stereocenters. The summed E-state index contributed by atoms with van der Waals surface area (Å²) in [6.07, 6.45) is -4.93. The fraction of sp³-hybridized carbons (Fsp3) is 0.600. The molecule has 0 aliphatic carbocycles. The molecule has 0 saturated carbocycles. The summed E-state index contributed by atoms with van der Waals surface area (Å²) >= 11 is 0. The van der Waals surface area contributed by atoms with Crippen LogP contribution in [0.25, 0.3) is 0 Å². The van der Waals surface area contributed by atoms with Crippen molar-refractivity contribution < 1.29 is 55.9 Å². The molecule has 1 aromatic heterocycles. The second kappa shape index (κ2) is 7.93. The number of aromatic nitrogens is 2. The number of hydrogen-bond acceptors (Lipinski definition) is 13. The Bertz CT molecular complexity index is 955. The van der Waals surface area contributed by atoms with Gasteiger partial charge in [0.2, 0.25) is 0 Å². The van der Waals surface area contributed by atoms with Gasteiger partial charge in [-0.1, -0.05) is 0 Å². The number of ether oxygens (including phenoxy) is 1. The minimum Gasteiger partial charge on any atom is -0.387 e. The van der Waals surface area contributed by atoms with Crippen molar-refractivity contribution in [1.82, 2.24) is 9.55 Å². The summed E-state index contributed by atoms with van der Waals surface area (Å²) in [6, 6.07) is 1.40. The molecule has 2 saturated heterocycles. The van der Waals surface area contributed by atoms with Gasteiger partial charge in [0, 0.05) is 13.2 Å². The standard InChI is InChI=1S/C10H16N3O13P3/c1-11-6-2-3-13(10(16)12-6)9-8(15)7(14)5(23-9)4-22-29(21)25-27(17,18)24-28(19,20)26-29/h2-3,5,7-9,14-15H,4H2,1H3,(H,17,18)(H,19,20)(H,11,12,16)/t5-,7+,8?,9-/m1/s1. The quantitative estimate of drug-likeness (QED) is 0.329. The van der Waals surface area contributed by atoms with E-state index in [1.807, 2.05) is 0 Å². The summed E-state index contributed by atoms with van der Waals surface area (Å²) in [4.78, 5) is 34.0. The van der Waals surface area contributed by atoms with Crippen LogP contribution in [0.4, 0.5) is 5.82 Å². The normalized spacial score (nSPS) is 42.7. The molecule has 5 N–H and O–H groups in total. The first-order valence-corrected chi connectivity index (χ1v) is 12.1. The zero-order valence-corrected chi connectivity index (χ0v) is 17.1. The zero-order valence-electron chi connectivity index (χ0n) is 14.4. The van der Waals surface area contributed by atoms with Gasteiger partial charge in [-0.2, -0.15) is 17.9 Å². The third-order valence-corrected chi connectivity index (χ3v) is 9.07. The van der Waals surface area contributed by atoms with E-state index >= 15 is 0 Å². The number of hydrogen-bond donors (Lipinski definition) is 5. The molecule has 19 heteroatoms. The van der Waals surface area contributed by atoms with Gasteiger partial charge in [0.1, 0.15) is 24.1 Å². The van der Waals surface area contributed by atoms with Crippen LogP contribution in [-0.2, 0) is 35.9 Å². The predicted molar refractivity (Wildman–Crippen MR) is 90.4 cm³/mol. The molecule has 2 fully saturated rings. The number of phosphoric acid groups is 3. The Hall–Kier alpha value is -0.990. The van der Waals surface area contributed by atoms with Gasteiger partial charge in [0.05, 0.1) is 6.61 Å². The van der Waals surface area contributed by atoms with Crippen molar-refractivity contribution >= 4 is 29.3 Å². The highest BCUT2D eigenvalue weighted by atomic mass is 31.3. The SMILES string of the molecule is CNc1ccn([C@@H]2O[C@H](COP3(=O)OP(=O)(O)OP(=O)(O)O3)[C@H](O)C2O)c(=O)n1. The molecule has 3 heterocycles. The highest BCUT2D eigenvalue weighted by molar-refractivity contribution is 7.74. The van der Waals surface area contributed by atoms with Gasteiger partial charge in [0.25, 0.3) is 0 Å². The van der Waals surface area contributed by atoms with Crippen LogP contribution in [0, 0.1) is 0 Å². The average Bonchev–Trinajstić information content (AvgIpc) is 2.85. The summed E-state index contributed by atoms with van der Waals surface area (Å²) in [7, 11) is -14.0. The molecule has 0 aromatic carbocycles. The van der Waals surface area contributed by atoms with Crippen LogP contribution in [0.2, 0.25) is 0 Å². The second-order valence-corrected chi connectivity index (χ2v) is 10.7. The van der Waals surface area contributed by atoms with Gasteiger partial charge < -0.3 is 30.1 Å². The molecule has 2 aliphatic heterocycles. The molecular formula is C10H16N3O13P3. The minimum absolute atomic E-state index is 0.243. The first-order chi connectivity index (χ1) is 13.3. The maximum absolute atomic E-state index is 12.2. The van der Waals surface area contributed by atoms with E-state index in [1.54, 1.807) is 0 Å². The van der Waals surface area contributed by atoms with Gasteiger partial charge in [-0.25, -0.2) is 18.5 Å². The summed E-state index contributed by atoms with van der Waals surface area (Å²) in [6.45, 7) is -0.886. The van der Waals surface area contributed by atoms with E-state index in [1.165, 1.54) is 19.3 Å². The number of nitrogens with zero attached hydrogens (tertiary/aromatic N) is 2. The van der Waals surface area contributed by atoms with E-state index in [4.69, 9.17) is 4.74 Å². The molecule has 0 spiro atoms. The molecule has 1 aromatic rings. The van der Waals surface area contributed by atoms with E-state index in [9.17, 15) is 38.5 Å². The third-order valence-electron chi connectivity index (χ3n) is 3.71. The summed E-state index contributed by atoms with van der Waals surface area (Å²) < 4.78 is 57.7. The molecular weight excluding hydrogens is 463 g/mol. The van der Waals surface area contributed by atoms with E-state index < -0.39 is 60.3 Å². The van der Waals surface area contributed by atoms with E-state index in [-0.39, 0.29) is 5.82 Å². The lowest BCUT2D eigenvalue weighted by Crippen LogP contribution is -2.36. The van der Waals surface area contributed by atoms with E-state index in [0.29, 0.717) is 0 Å². The van der Waals surface area contributed by atoms with Crippen LogP contribution in [0.15, 0.2) is 17.1 Å². The molecule has 0 bridgehead atoms. The molecule has 2 aliphatic rings. The van der Waals surface area contributed by atoms with Crippen LogP contribution in [0.5, 0.6) is 0 Å². The van der Waals surface area contributed by atoms with Crippen molar-refractivity contribution in [2.45, 2.75) is 24.5 Å². The number of rotatable bonds is 5. The van der Waals surface area contributed by atoms with Crippen molar-refractivity contribution in [2.24, 2.45) is 0 Å². The van der Waals surface area contributed by atoms with E-state index in [0.717, 1.165) is 4.57 Å². The number of aliphatic hydroxyl groups excluding tert-OH is 2. The van der Waals surface area contributed by atoms with Crippen LogP contribution in [-0.4, -0.2) is 61.5 Å². The van der Waals surface area contributed by atoms with Gasteiger partial charge in [0.15, 0.2) is 6.23 Å². The van der Waals surface area contributed by atoms with Gasteiger partial charge in [-0.3, -0.25) is 9.09 Å². The number of aliphatic hydroxyl groups is 2. The maximum Gasteiger partial charge on any atom is 0.492 e. The molecule has 29 heavy (non-hydrogen) atoms. The van der Waals surface area contributed by atoms with Gasteiger partial charge in [-0.05, 0) is 6.07 Å². The Balaban J connectivity index is 1.73. The van der Waals surface area contributed by atoms with Crippen molar-refractivity contribution in [3.05, 3.63) is 22.7 Å². The number of anilines is 1. The molecule has 0 radical (unpaired) electrons. The molecule has 6 atom stereocenters. The largest absolute Gasteiger partial charge is 0.492 e. The second-order valence-electron chi connectivity index (χ2n) is 5.72. The average molecular weight is 479 g/mol. The van der Waals surface area contributed by atoms with Crippen LogP contribution in [0.1, 0.15) is 6.23 Å². The summed E-state index contributed by atoms with van der Waals surface area (Å²) in [5.41, 5.74) is -0.819. The lowest BCUT2D eigenvalue weighted by molar-refractivity contribution is -0.0544. The van der Waals surface area contributed by atoms with Crippen LogP contribution in [0.3, 0.4) is 0 Å². The van der Waals surface area contributed by atoms with Crippen molar-refractivity contribution in [2.75, 3.05) is 19.0 Å². The Kier molecular flexibility index (Phi) is 6.20. The first-order valence-electron chi connectivity index (χ1n) is 7.67. The monoisotopic (exact) mass is 479 g/mol. The third kappa shape index (κ3) is 5.02.